The molecule has 0 radical (unpaired) electrons. The molecule has 1 aromatic carbocycles. The van der Waals surface area contributed by atoms with E-state index in [9.17, 15) is 0 Å². The lowest BCUT2D eigenvalue weighted by molar-refractivity contribution is 0.200. The van der Waals surface area contributed by atoms with Crippen LogP contribution in [0.25, 0.3) is 0 Å². The number of nitrogens with two attached hydrogens (primary N) is 1. The monoisotopic (exact) mass is 225 g/mol. The van der Waals surface area contributed by atoms with Gasteiger partial charge < -0.3 is 10.5 Å². The molecule has 0 saturated heterocycles. The predicted octanol–water partition coefficient (Wildman–Crippen LogP) is 3.10. The minimum Gasteiger partial charge on any atom is -0.398 e. The van der Waals surface area contributed by atoms with E-state index in [1.807, 2.05) is 30.0 Å². The van der Waals surface area contributed by atoms with Crippen LogP contribution in [0.15, 0.2) is 24.3 Å². The number of nitrogen functional groups attached to an aromatic ring is 1. The minimum atomic E-state index is 0.330. The highest BCUT2D eigenvalue weighted by Gasteiger charge is 2.15. The van der Waals surface area contributed by atoms with Crippen LogP contribution in [0.2, 0.25) is 0 Å². The Kier molecular flexibility index (Phi) is 4.99. The Labute approximate surface area is 96.2 Å². The summed E-state index contributed by atoms with van der Waals surface area (Å²) in [5.74, 6) is 0. The Hall–Kier alpha value is -0.670. The van der Waals surface area contributed by atoms with Crippen molar-refractivity contribution in [2.75, 3.05) is 19.5 Å². The average molecular weight is 225 g/mol. The molecule has 0 heterocycles. The Balaban J connectivity index is 2.83. The molecule has 0 spiro atoms. The molecule has 15 heavy (non-hydrogen) atoms. The molecule has 0 amide bonds. The van der Waals surface area contributed by atoms with E-state index in [1.54, 1.807) is 7.11 Å². The number of methoxy groups -OCH3 is 1. The molecular formula is C12H19NOS. The topological polar surface area (TPSA) is 35.2 Å². The second-order valence-corrected chi connectivity index (χ2v) is 5.54. The summed E-state index contributed by atoms with van der Waals surface area (Å²) < 4.78 is 5.24. The number of anilines is 1. The number of benzene rings is 1. The van der Waals surface area contributed by atoms with Gasteiger partial charge in [0, 0.05) is 12.8 Å². The molecule has 0 aliphatic rings. The first kappa shape index (κ1) is 12.4. The molecular weight excluding hydrogens is 206 g/mol. The smallest absolute Gasteiger partial charge is 0.0623 e. The molecule has 1 atom stereocenters. The quantitative estimate of drug-likeness (QED) is 0.782. The molecule has 0 bridgehead atoms. The first-order chi connectivity index (χ1) is 7.15. The van der Waals surface area contributed by atoms with Gasteiger partial charge in [-0.2, -0.15) is 0 Å². The Morgan fingerprint density at radius 2 is 2.00 bits per heavy atom. The van der Waals surface area contributed by atoms with E-state index < -0.39 is 0 Å². The van der Waals surface area contributed by atoms with Gasteiger partial charge in [0.2, 0.25) is 0 Å². The molecule has 0 aromatic heterocycles. The lowest BCUT2D eigenvalue weighted by Gasteiger charge is -2.19. The molecule has 0 fully saturated rings. The normalized spacial score (nSPS) is 13.1. The zero-order valence-corrected chi connectivity index (χ0v) is 10.4. The van der Waals surface area contributed by atoms with Gasteiger partial charge in [0.25, 0.3) is 0 Å². The summed E-state index contributed by atoms with van der Waals surface area (Å²) in [5, 5.41) is 0.904. The van der Waals surface area contributed by atoms with Crippen molar-refractivity contribution in [3.05, 3.63) is 29.8 Å². The van der Waals surface area contributed by atoms with Crippen molar-refractivity contribution >= 4 is 17.4 Å². The van der Waals surface area contributed by atoms with E-state index in [2.05, 4.69) is 19.9 Å². The van der Waals surface area contributed by atoms with Crippen molar-refractivity contribution in [3.8, 4) is 0 Å². The molecule has 2 N–H and O–H groups in total. The maximum absolute atomic E-state index is 5.96. The maximum Gasteiger partial charge on any atom is 0.0623 e. The van der Waals surface area contributed by atoms with Crippen molar-refractivity contribution in [1.82, 2.24) is 0 Å². The molecule has 1 unspecified atom stereocenters. The first-order valence-corrected chi connectivity index (χ1v) is 6.08. The zero-order chi connectivity index (χ0) is 11.3. The van der Waals surface area contributed by atoms with Gasteiger partial charge in [-0.1, -0.05) is 32.0 Å². The van der Waals surface area contributed by atoms with Crippen LogP contribution in [0.1, 0.15) is 24.7 Å². The Morgan fingerprint density at radius 1 is 1.33 bits per heavy atom. The van der Waals surface area contributed by atoms with Gasteiger partial charge in [-0.25, -0.2) is 0 Å². The number of ether oxygens (including phenoxy) is 1. The van der Waals surface area contributed by atoms with Crippen LogP contribution in [0.4, 0.5) is 5.69 Å². The Bertz CT molecular complexity index is 301. The van der Waals surface area contributed by atoms with E-state index in [-0.39, 0.29) is 0 Å². The largest absolute Gasteiger partial charge is 0.398 e. The second kappa shape index (κ2) is 6.03. The van der Waals surface area contributed by atoms with Gasteiger partial charge in [0.15, 0.2) is 0 Å². The van der Waals surface area contributed by atoms with Crippen molar-refractivity contribution in [3.63, 3.8) is 0 Å². The molecule has 84 valence electrons. The van der Waals surface area contributed by atoms with Crippen LogP contribution in [0, 0.1) is 0 Å². The molecule has 0 aliphatic carbocycles. The van der Waals surface area contributed by atoms with Crippen LogP contribution in [0.3, 0.4) is 0 Å². The fraction of sp³-hybridized carbons (Fsp3) is 0.500. The molecule has 1 aromatic rings. The molecule has 3 heteroatoms. The van der Waals surface area contributed by atoms with Gasteiger partial charge in [0.1, 0.15) is 0 Å². The summed E-state index contributed by atoms with van der Waals surface area (Å²) in [6.07, 6.45) is 0. The third-order valence-corrected chi connectivity index (χ3v) is 3.36. The van der Waals surface area contributed by atoms with Crippen LogP contribution in [-0.4, -0.2) is 19.0 Å². The van der Waals surface area contributed by atoms with Crippen molar-refractivity contribution in [2.24, 2.45) is 0 Å². The lowest BCUT2D eigenvalue weighted by Crippen LogP contribution is -2.08. The van der Waals surface area contributed by atoms with Gasteiger partial charge in [-0.05, 0) is 16.9 Å². The number of hydrogen-bond donors (Lipinski definition) is 1. The SMILES string of the molecule is COCC(SC(C)C)c1ccccc1N. The van der Waals surface area contributed by atoms with Crippen LogP contribution < -0.4 is 5.73 Å². The van der Waals surface area contributed by atoms with Gasteiger partial charge in [0.05, 0.1) is 11.9 Å². The summed E-state index contributed by atoms with van der Waals surface area (Å²) in [4.78, 5) is 0. The fourth-order valence-corrected chi connectivity index (χ4v) is 2.72. The molecule has 1 rings (SSSR count). The highest BCUT2D eigenvalue weighted by atomic mass is 32.2. The number of thioether (sulfide) groups is 1. The van der Waals surface area contributed by atoms with E-state index >= 15 is 0 Å². The third kappa shape index (κ3) is 3.76. The average Bonchev–Trinajstić information content (AvgIpc) is 2.17. The maximum atomic E-state index is 5.96. The zero-order valence-electron chi connectivity index (χ0n) is 9.57. The van der Waals surface area contributed by atoms with Crippen molar-refractivity contribution in [1.29, 1.82) is 0 Å². The summed E-state index contributed by atoms with van der Waals surface area (Å²) in [5.41, 5.74) is 7.99. The molecule has 0 saturated carbocycles. The van der Waals surface area contributed by atoms with Gasteiger partial charge in [-0.15, -0.1) is 11.8 Å². The molecule has 0 aliphatic heterocycles. The number of para-hydroxylation sites is 1. The van der Waals surface area contributed by atoms with E-state index in [1.165, 1.54) is 5.56 Å². The van der Waals surface area contributed by atoms with E-state index in [0.29, 0.717) is 17.1 Å². The summed E-state index contributed by atoms with van der Waals surface area (Å²) in [6, 6.07) is 8.01. The first-order valence-electron chi connectivity index (χ1n) is 5.14. The van der Waals surface area contributed by atoms with Crippen molar-refractivity contribution < 1.29 is 4.74 Å². The van der Waals surface area contributed by atoms with E-state index in [4.69, 9.17) is 10.5 Å². The summed E-state index contributed by atoms with van der Waals surface area (Å²) in [7, 11) is 1.73. The predicted molar refractivity (Wildman–Crippen MR) is 68.2 cm³/mol. The standard InChI is InChI=1S/C12H19NOS/c1-9(2)15-12(8-14-3)10-6-4-5-7-11(10)13/h4-7,9,12H,8,13H2,1-3H3. The number of rotatable bonds is 5. The lowest BCUT2D eigenvalue weighted by atomic mass is 10.1. The summed E-state index contributed by atoms with van der Waals surface area (Å²) >= 11 is 1.89. The van der Waals surface area contributed by atoms with E-state index in [0.717, 1.165) is 5.69 Å². The second-order valence-electron chi connectivity index (χ2n) is 3.76. The highest BCUT2D eigenvalue weighted by molar-refractivity contribution is 8.00. The highest BCUT2D eigenvalue weighted by Crippen LogP contribution is 2.35. The fourth-order valence-electron chi connectivity index (χ4n) is 1.49. The van der Waals surface area contributed by atoms with Gasteiger partial charge >= 0.3 is 0 Å². The minimum absolute atomic E-state index is 0.330. The van der Waals surface area contributed by atoms with Gasteiger partial charge in [-0.3, -0.25) is 0 Å². The number of hydrogen-bond acceptors (Lipinski definition) is 3. The third-order valence-electron chi connectivity index (χ3n) is 2.10. The Morgan fingerprint density at radius 3 is 2.53 bits per heavy atom. The summed E-state index contributed by atoms with van der Waals surface area (Å²) in [6.45, 7) is 5.08. The molecule has 2 nitrogen and oxygen atoms in total. The van der Waals surface area contributed by atoms with Crippen LogP contribution in [0.5, 0.6) is 0 Å². The van der Waals surface area contributed by atoms with Crippen LogP contribution >= 0.6 is 11.8 Å². The van der Waals surface area contributed by atoms with Crippen molar-refractivity contribution in [2.45, 2.75) is 24.3 Å². The van der Waals surface area contributed by atoms with Crippen LogP contribution in [-0.2, 0) is 4.74 Å².